The predicted molar refractivity (Wildman–Crippen MR) is 170 cm³/mol. The molecule has 0 aliphatic heterocycles. The lowest BCUT2D eigenvalue weighted by Gasteiger charge is -2.33. The van der Waals surface area contributed by atoms with Crippen molar-refractivity contribution in [2.24, 2.45) is 0 Å². The number of hydrogen-bond donors (Lipinski definition) is 1. The molecule has 0 spiro atoms. The second-order valence-electron chi connectivity index (χ2n) is 9.70. The molecule has 0 heterocycles. The quantitative estimate of drug-likeness (QED) is 0.205. The molecule has 0 aliphatic carbocycles. The standard InChI is InChI=1S/C31H37Cl2N3O6S/c1-5-7-17-34-31(38)27(6-2)35(20-22-13-15-25(32)26(33)18-22)30(37)21-36(43(39,40)24-11-9-8-10-12-24)28-19-23(41-3)14-16-29(28)42-4/h8-16,18-19,27H,5-7,17,20-21H2,1-4H3,(H,34,38)/t27-/m0/s1. The van der Waals surface area contributed by atoms with Gasteiger partial charge in [0.15, 0.2) is 0 Å². The van der Waals surface area contributed by atoms with Gasteiger partial charge in [-0.15, -0.1) is 0 Å². The Bertz CT molecular complexity index is 1500. The van der Waals surface area contributed by atoms with Crippen molar-refractivity contribution in [2.75, 3.05) is 31.6 Å². The molecule has 0 aliphatic rings. The zero-order valence-electron chi connectivity index (χ0n) is 24.7. The summed E-state index contributed by atoms with van der Waals surface area (Å²) in [6.07, 6.45) is 1.96. The van der Waals surface area contributed by atoms with Crippen LogP contribution in [0.3, 0.4) is 0 Å². The highest BCUT2D eigenvalue weighted by molar-refractivity contribution is 7.92. The summed E-state index contributed by atoms with van der Waals surface area (Å²) in [6, 6.07) is 16.5. The molecule has 12 heteroatoms. The number of benzene rings is 3. The van der Waals surface area contributed by atoms with Crippen LogP contribution in [0.5, 0.6) is 11.5 Å². The number of halogens is 2. The molecule has 0 unspecified atom stereocenters. The highest BCUT2D eigenvalue weighted by Gasteiger charge is 2.35. The van der Waals surface area contributed by atoms with Crippen LogP contribution in [-0.4, -0.2) is 58.5 Å². The van der Waals surface area contributed by atoms with Crippen molar-refractivity contribution in [3.05, 3.63) is 82.3 Å². The average Bonchev–Trinajstić information content (AvgIpc) is 3.01. The Labute approximate surface area is 263 Å². The summed E-state index contributed by atoms with van der Waals surface area (Å²) in [6.45, 7) is 3.63. The lowest BCUT2D eigenvalue weighted by atomic mass is 10.1. The van der Waals surface area contributed by atoms with E-state index in [4.69, 9.17) is 32.7 Å². The Morgan fingerprint density at radius 3 is 2.26 bits per heavy atom. The van der Waals surface area contributed by atoms with Crippen LogP contribution in [0.2, 0.25) is 10.0 Å². The van der Waals surface area contributed by atoms with E-state index in [1.807, 2.05) is 6.92 Å². The first-order chi connectivity index (χ1) is 20.6. The maximum absolute atomic E-state index is 14.3. The van der Waals surface area contributed by atoms with Gasteiger partial charge in [0.05, 0.1) is 34.8 Å². The molecule has 1 atom stereocenters. The largest absolute Gasteiger partial charge is 0.497 e. The van der Waals surface area contributed by atoms with E-state index < -0.39 is 28.5 Å². The topological polar surface area (TPSA) is 105 Å². The van der Waals surface area contributed by atoms with Crippen LogP contribution in [0.15, 0.2) is 71.6 Å². The molecule has 3 rings (SSSR count). The number of sulfonamides is 1. The third kappa shape index (κ3) is 8.55. The van der Waals surface area contributed by atoms with Crippen LogP contribution < -0.4 is 19.1 Å². The number of amides is 2. The number of nitrogens with zero attached hydrogens (tertiary/aromatic N) is 2. The number of rotatable bonds is 15. The smallest absolute Gasteiger partial charge is 0.264 e. The summed E-state index contributed by atoms with van der Waals surface area (Å²) in [5, 5.41) is 3.54. The molecular weight excluding hydrogens is 613 g/mol. The van der Waals surface area contributed by atoms with Gasteiger partial charge in [-0.3, -0.25) is 13.9 Å². The third-order valence-corrected chi connectivity index (χ3v) is 9.33. The number of carbonyl (C=O) groups excluding carboxylic acids is 2. The van der Waals surface area contributed by atoms with Gasteiger partial charge in [0.25, 0.3) is 10.0 Å². The van der Waals surface area contributed by atoms with Crippen LogP contribution in [0, 0.1) is 0 Å². The fraction of sp³-hybridized carbons (Fsp3) is 0.355. The normalized spacial score (nSPS) is 11.9. The summed E-state index contributed by atoms with van der Waals surface area (Å²) >= 11 is 12.4. The zero-order chi connectivity index (χ0) is 31.6. The number of methoxy groups -OCH3 is 2. The van der Waals surface area contributed by atoms with Crippen molar-refractivity contribution >= 4 is 50.7 Å². The minimum absolute atomic E-state index is 0.0100. The molecule has 232 valence electrons. The van der Waals surface area contributed by atoms with Crippen molar-refractivity contribution in [3.63, 3.8) is 0 Å². The minimum Gasteiger partial charge on any atom is -0.497 e. The summed E-state index contributed by atoms with van der Waals surface area (Å²) in [5.74, 6) is -0.354. The summed E-state index contributed by atoms with van der Waals surface area (Å²) < 4.78 is 40.0. The van der Waals surface area contributed by atoms with E-state index in [0.717, 1.165) is 17.1 Å². The highest BCUT2D eigenvalue weighted by Crippen LogP contribution is 2.36. The molecule has 0 saturated carbocycles. The Balaban J connectivity index is 2.12. The minimum atomic E-state index is -4.28. The monoisotopic (exact) mass is 649 g/mol. The van der Waals surface area contributed by atoms with Gasteiger partial charge in [0, 0.05) is 19.2 Å². The molecule has 2 amide bonds. The lowest BCUT2D eigenvalue weighted by Crippen LogP contribution is -2.52. The average molecular weight is 651 g/mol. The van der Waals surface area contributed by atoms with Crippen LogP contribution >= 0.6 is 23.2 Å². The SMILES string of the molecule is CCCCNC(=O)[C@H](CC)N(Cc1ccc(Cl)c(Cl)c1)C(=O)CN(c1cc(OC)ccc1OC)S(=O)(=O)c1ccccc1. The lowest BCUT2D eigenvalue weighted by molar-refractivity contribution is -0.140. The molecular formula is C31H37Cl2N3O6S. The first-order valence-electron chi connectivity index (χ1n) is 13.9. The zero-order valence-corrected chi connectivity index (χ0v) is 27.0. The number of nitrogens with one attached hydrogen (secondary N) is 1. The number of unbranched alkanes of at least 4 members (excludes halogenated alkanes) is 1. The van der Waals surface area contributed by atoms with E-state index in [1.165, 1.54) is 37.3 Å². The molecule has 1 N–H and O–H groups in total. The van der Waals surface area contributed by atoms with Crippen molar-refractivity contribution in [3.8, 4) is 11.5 Å². The van der Waals surface area contributed by atoms with Crippen molar-refractivity contribution in [1.82, 2.24) is 10.2 Å². The Morgan fingerprint density at radius 2 is 1.65 bits per heavy atom. The number of hydrogen-bond acceptors (Lipinski definition) is 6. The van der Waals surface area contributed by atoms with Crippen LogP contribution in [0.25, 0.3) is 0 Å². The summed E-state index contributed by atoms with van der Waals surface area (Å²) in [5.41, 5.74) is 0.730. The van der Waals surface area contributed by atoms with Crippen LogP contribution in [0.1, 0.15) is 38.7 Å². The Kier molecular flexibility index (Phi) is 12.5. The molecule has 0 saturated heterocycles. The maximum Gasteiger partial charge on any atom is 0.264 e. The number of ether oxygens (including phenoxy) is 2. The van der Waals surface area contributed by atoms with E-state index in [9.17, 15) is 18.0 Å². The van der Waals surface area contributed by atoms with Gasteiger partial charge >= 0.3 is 0 Å². The molecule has 43 heavy (non-hydrogen) atoms. The molecule has 3 aromatic carbocycles. The fourth-order valence-electron chi connectivity index (χ4n) is 4.49. The van der Waals surface area contributed by atoms with Gasteiger partial charge in [0.2, 0.25) is 11.8 Å². The van der Waals surface area contributed by atoms with E-state index in [1.54, 1.807) is 55.5 Å². The molecule has 0 bridgehead atoms. The van der Waals surface area contributed by atoms with Gasteiger partial charge in [-0.1, -0.05) is 67.7 Å². The first kappa shape index (κ1) is 34.0. The Morgan fingerprint density at radius 1 is 0.930 bits per heavy atom. The van der Waals surface area contributed by atoms with Crippen molar-refractivity contribution in [2.45, 2.75) is 50.6 Å². The van der Waals surface area contributed by atoms with Gasteiger partial charge in [-0.2, -0.15) is 0 Å². The van der Waals surface area contributed by atoms with Crippen LogP contribution in [-0.2, 0) is 26.2 Å². The van der Waals surface area contributed by atoms with Crippen molar-refractivity contribution < 1.29 is 27.5 Å². The van der Waals surface area contributed by atoms with E-state index in [2.05, 4.69) is 5.32 Å². The van der Waals surface area contributed by atoms with E-state index >= 15 is 0 Å². The second kappa shape index (κ2) is 15.8. The molecule has 0 fully saturated rings. The molecule has 0 radical (unpaired) electrons. The fourth-order valence-corrected chi connectivity index (χ4v) is 6.24. The van der Waals surface area contributed by atoms with Gasteiger partial charge in [-0.05, 0) is 54.8 Å². The van der Waals surface area contributed by atoms with Crippen LogP contribution in [0.4, 0.5) is 5.69 Å². The first-order valence-corrected chi connectivity index (χ1v) is 16.1. The highest BCUT2D eigenvalue weighted by atomic mass is 35.5. The van der Waals surface area contributed by atoms with Gasteiger partial charge in [-0.25, -0.2) is 8.42 Å². The van der Waals surface area contributed by atoms with Gasteiger partial charge in [0.1, 0.15) is 24.1 Å². The molecule has 9 nitrogen and oxygen atoms in total. The molecule has 3 aromatic rings. The third-order valence-electron chi connectivity index (χ3n) is 6.82. The summed E-state index contributed by atoms with van der Waals surface area (Å²) in [4.78, 5) is 29.0. The molecule has 0 aromatic heterocycles. The number of carbonyl (C=O) groups is 2. The summed E-state index contributed by atoms with van der Waals surface area (Å²) in [7, 11) is -1.42. The second-order valence-corrected chi connectivity index (χ2v) is 12.4. The van der Waals surface area contributed by atoms with Crippen molar-refractivity contribution in [1.29, 1.82) is 0 Å². The Hall–Kier alpha value is -3.47. The predicted octanol–water partition coefficient (Wildman–Crippen LogP) is 5.93. The van der Waals surface area contributed by atoms with E-state index in [-0.39, 0.29) is 28.8 Å². The van der Waals surface area contributed by atoms with Gasteiger partial charge < -0.3 is 19.7 Å². The number of anilines is 1. The van der Waals surface area contributed by atoms with E-state index in [0.29, 0.717) is 34.3 Å². The maximum atomic E-state index is 14.3.